The zero-order valence-electron chi connectivity index (χ0n) is 9.90. The van der Waals surface area contributed by atoms with Gasteiger partial charge in [-0.2, -0.15) is 0 Å². The van der Waals surface area contributed by atoms with Crippen LogP contribution in [0.25, 0.3) is 0 Å². The third-order valence-electron chi connectivity index (χ3n) is 2.16. The molecule has 1 rings (SSSR count). The second-order valence-electron chi connectivity index (χ2n) is 3.91. The zero-order valence-corrected chi connectivity index (χ0v) is 11.5. The quantitative estimate of drug-likeness (QED) is 0.878. The SMILES string of the molecule is Cc1nc(C)c(NC(=O)C(N)C(C)C)s1.Cl. The highest BCUT2D eigenvalue weighted by atomic mass is 35.5. The van der Waals surface area contributed by atoms with E-state index in [1.807, 2.05) is 27.7 Å². The number of amides is 1. The Hall–Kier alpha value is -0.650. The summed E-state index contributed by atoms with van der Waals surface area (Å²) in [5.41, 5.74) is 6.59. The fourth-order valence-electron chi connectivity index (χ4n) is 1.15. The maximum absolute atomic E-state index is 11.7. The van der Waals surface area contributed by atoms with Gasteiger partial charge in [0.15, 0.2) is 0 Å². The van der Waals surface area contributed by atoms with Crippen molar-refractivity contribution >= 4 is 34.7 Å². The molecule has 1 aromatic heterocycles. The van der Waals surface area contributed by atoms with E-state index in [-0.39, 0.29) is 24.2 Å². The maximum atomic E-state index is 11.7. The van der Waals surface area contributed by atoms with Gasteiger partial charge < -0.3 is 11.1 Å². The van der Waals surface area contributed by atoms with Crippen LogP contribution in [0.2, 0.25) is 0 Å². The van der Waals surface area contributed by atoms with Crippen molar-refractivity contribution < 1.29 is 4.79 Å². The smallest absolute Gasteiger partial charge is 0.242 e. The van der Waals surface area contributed by atoms with Crippen molar-refractivity contribution in [3.05, 3.63) is 10.7 Å². The summed E-state index contributed by atoms with van der Waals surface area (Å²) < 4.78 is 0. The normalized spacial score (nSPS) is 12.1. The highest BCUT2D eigenvalue weighted by Gasteiger charge is 2.18. The summed E-state index contributed by atoms with van der Waals surface area (Å²) in [6.07, 6.45) is 0. The van der Waals surface area contributed by atoms with Gasteiger partial charge in [0.1, 0.15) is 5.00 Å². The first-order chi connectivity index (χ1) is 6.91. The highest BCUT2D eigenvalue weighted by molar-refractivity contribution is 7.16. The number of carbonyl (C=O) groups excluding carboxylic acids is 1. The minimum absolute atomic E-state index is 0. The third kappa shape index (κ3) is 3.73. The summed E-state index contributed by atoms with van der Waals surface area (Å²) >= 11 is 1.47. The standard InChI is InChI=1S/C10H17N3OS.ClH/c1-5(2)8(11)9(14)13-10-6(3)12-7(4)15-10;/h5,8H,11H2,1-4H3,(H,13,14);1H. The molecule has 0 bridgehead atoms. The number of carbonyl (C=O) groups is 1. The van der Waals surface area contributed by atoms with Crippen molar-refractivity contribution in [3.8, 4) is 0 Å². The molecule has 0 saturated carbocycles. The predicted octanol–water partition coefficient (Wildman–Crippen LogP) is 2.10. The lowest BCUT2D eigenvalue weighted by atomic mass is 10.1. The van der Waals surface area contributed by atoms with Crippen LogP contribution in [0, 0.1) is 19.8 Å². The fourth-order valence-corrected chi connectivity index (χ4v) is 1.97. The molecule has 0 saturated heterocycles. The van der Waals surface area contributed by atoms with Crippen LogP contribution < -0.4 is 11.1 Å². The molecule has 0 aromatic carbocycles. The van der Waals surface area contributed by atoms with Crippen molar-refractivity contribution in [2.75, 3.05) is 5.32 Å². The van der Waals surface area contributed by atoms with E-state index in [0.29, 0.717) is 0 Å². The number of anilines is 1. The Balaban J connectivity index is 0.00000225. The molecule has 6 heteroatoms. The minimum Gasteiger partial charge on any atom is -0.320 e. The van der Waals surface area contributed by atoms with Gasteiger partial charge in [-0.1, -0.05) is 13.8 Å². The summed E-state index contributed by atoms with van der Waals surface area (Å²) in [5.74, 6) is -0.00363. The number of aromatic nitrogens is 1. The van der Waals surface area contributed by atoms with E-state index in [0.717, 1.165) is 15.7 Å². The number of hydrogen-bond acceptors (Lipinski definition) is 4. The first kappa shape index (κ1) is 15.3. The van der Waals surface area contributed by atoms with Crippen molar-refractivity contribution in [2.24, 2.45) is 11.7 Å². The van der Waals surface area contributed by atoms with Crippen LogP contribution in [0.1, 0.15) is 24.5 Å². The van der Waals surface area contributed by atoms with Crippen LogP contribution in [0.15, 0.2) is 0 Å². The maximum Gasteiger partial charge on any atom is 0.242 e. The monoisotopic (exact) mass is 263 g/mol. The molecule has 1 heterocycles. The Labute approximate surface area is 106 Å². The molecule has 16 heavy (non-hydrogen) atoms. The number of aryl methyl sites for hydroxylation is 2. The van der Waals surface area contributed by atoms with Gasteiger partial charge in [-0.3, -0.25) is 4.79 Å². The number of nitrogens with zero attached hydrogens (tertiary/aromatic N) is 1. The van der Waals surface area contributed by atoms with Gasteiger partial charge >= 0.3 is 0 Å². The molecule has 0 spiro atoms. The molecule has 1 aromatic rings. The van der Waals surface area contributed by atoms with Crippen LogP contribution in [0.3, 0.4) is 0 Å². The van der Waals surface area contributed by atoms with Crippen molar-refractivity contribution in [2.45, 2.75) is 33.7 Å². The van der Waals surface area contributed by atoms with Gasteiger partial charge in [-0.25, -0.2) is 4.98 Å². The first-order valence-electron chi connectivity index (χ1n) is 4.92. The molecule has 0 fully saturated rings. The van der Waals surface area contributed by atoms with E-state index in [1.165, 1.54) is 11.3 Å². The second kappa shape index (κ2) is 6.18. The molecule has 1 atom stereocenters. The number of thiazole rings is 1. The minimum atomic E-state index is -0.466. The largest absolute Gasteiger partial charge is 0.320 e. The van der Waals surface area contributed by atoms with E-state index in [4.69, 9.17) is 5.73 Å². The van der Waals surface area contributed by atoms with Gasteiger partial charge in [0.2, 0.25) is 5.91 Å². The van der Waals surface area contributed by atoms with Gasteiger partial charge in [0.05, 0.1) is 16.7 Å². The number of hydrogen-bond donors (Lipinski definition) is 2. The molecule has 0 radical (unpaired) electrons. The summed E-state index contributed by atoms with van der Waals surface area (Å²) in [7, 11) is 0. The average Bonchev–Trinajstić information content (AvgIpc) is 2.43. The van der Waals surface area contributed by atoms with E-state index in [1.54, 1.807) is 0 Å². The first-order valence-corrected chi connectivity index (χ1v) is 5.74. The molecule has 1 amide bonds. The molecule has 92 valence electrons. The summed E-state index contributed by atoms with van der Waals surface area (Å²) in [6, 6.07) is -0.466. The van der Waals surface area contributed by atoms with Crippen LogP contribution in [0.5, 0.6) is 0 Å². The zero-order chi connectivity index (χ0) is 11.6. The Morgan fingerprint density at radius 3 is 2.38 bits per heavy atom. The molecule has 1 unspecified atom stereocenters. The lowest BCUT2D eigenvalue weighted by Crippen LogP contribution is -2.39. The van der Waals surface area contributed by atoms with Crippen LogP contribution in [-0.2, 0) is 4.79 Å². The fraction of sp³-hybridized carbons (Fsp3) is 0.600. The van der Waals surface area contributed by atoms with Gasteiger partial charge in [-0.15, -0.1) is 23.7 Å². The van der Waals surface area contributed by atoms with E-state index < -0.39 is 6.04 Å². The van der Waals surface area contributed by atoms with Crippen molar-refractivity contribution in [1.29, 1.82) is 0 Å². The Morgan fingerprint density at radius 1 is 1.44 bits per heavy atom. The van der Waals surface area contributed by atoms with Crippen molar-refractivity contribution in [1.82, 2.24) is 4.98 Å². The van der Waals surface area contributed by atoms with E-state index in [2.05, 4.69) is 10.3 Å². The summed E-state index contributed by atoms with van der Waals surface area (Å²) in [5, 5.41) is 4.55. The average molecular weight is 264 g/mol. The van der Waals surface area contributed by atoms with Crippen LogP contribution in [0.4, 0.5) is 5.00 Å². The van der Waals surface area contributed by atoms with E-state index >= 15 is 0 Å². The number of nitrogens with two attached hydrogens (primary N) is 1. The van der Waals surface area contributed by atoms with Gasteiger partial charge in [-0.05, 0) is 19.8 Å². The Morgan fingerprint density at radius 2 is 2.00 bits per heavy atom. The summed E-state index contributed by atoms with van der Waals surface area (Å²) in [6.45, 7) is 7.64. The van der Waals surface area contributed by atoms with Crippen LogP contribution >= 0.6 is 23.7 Å². The molecule has 0 aliphatic rings. The topological polar surface area (TPSA) is 68.0 Å². The predicted molar refractivity (Wildman–Crippen MR) is 70.3 cm³/mol. The number of nitrogens with one attached hydrogen (secondary N) is 1. The van der Waals surface area contributed by atoms with Gasteiger partial charge in [0, 0.05) is 0 Å². The highest BCUT2D eigenvalue weighted by Crippen LogP contribution is 2.23. The third-order valence-corrected chi connectivity index (χ3v) is 3.15. The molecule has 0 aliphatic heterocycles. The summed E-state index contributed by atoms with van der Waals surface area (Å²) in [4.78, 5) is 15.9. The number of rotatable bonds is 3. The van der Waals surface area contributed by atoms with Crippen molar-refractivity contribution in [3.63, 3.8) is 0 Å². The molecule has 4 nitrogen and oxygen atoms in total. The molecule has 0 aliphatic carbocycles. The number of halogens is 1. The van der Waals surface area contributed by atoms with Crippen LogP contribution in [-0.4, -0.2) is 16.9 Å². The van der Waals surface area contributed by atoms with Gasteiger partial charge in [0.25, 0.3) is 0 Å². The molecular formula is C10H18ClN3OS. The van der Waals surface area contributed by atoms with E-state index in [9.17, 15) is 4.79 Å². The lowest BCUT2D eigenvalue weighted by Gasteiger charge is -2.14. The Kier molecular flexibility index (Phi) is 5.92. The second-order valence-corrected chi connectivity index (χ2v) is 5.11. The Bertz CT molecular complexity index is 365. The lowest BCUT2D eigenvalue weighted by molar-refractivity contribution is -0.118. The molecular weight excluding hydrogens is 246 g/mol. The molecule has 3 N–H and O–H groups in total.